The standard InChI is InChI=1S/C26H30ClN3O3S/c1-34(32,33)30(17-25(31)29-28-16-21-4-2-3-5-24(21)27)23-8-6-22(7-9-23)26-13-18-10-19(14-26)12-20(11-18)15-26/h2-9,16,18-20H,10-15,17H2,1H3,(H,29,31)/b28-16-. The summed E-state index contributed by atoms with van der Waals surface area (Å²) in [4.78, 5) is 12.5. The van der Waals surface area contributed by atoms with E-state index in [-0.39, 0.29) is 12.0 Å². The molecule has 0 heterocycles. The maximum Gasteiger partial charge on any atom is 0.260 e. The van der Waals surface area contributed by atoms with Crippen LogP contribution < -0.4 is 9.73 Å². The van der Waals surface area contributed by atoms with Crippen molar-refractivity contribution in [2.24, 2.45) is 22.9 Å². The lowest BCUT2D eigenvalue weighted by Gasteiger charge is -2.57. The van der Waals surface area contributed by atoms with Gasteiger partial charge in [-0.1, -0.05) is 41.9 Å². The SMILES string of the molecule is CS(=O)(=O)N(CC(=O)N/N=C\c1ccccc1Cl)c1ccc(C23CC4CC(CC(C4)C2)C3)cc1. The summed E-state index contributed by atoms with van der Waals surface area (Å²) in [7, 11) is -3.66. The Kier molecular flexibility index (Phi) is 6.19. The molecule has 6 rings (SSSR count). The molecule has 1 amide bonds. The zero-order valence-electron chi connectivity index (χ0n) is 19.3. The molecule has 0 aromatic heterocycles. The number of carbonyl (C=O) groups is 1. The Morgan fingerprint density at radius 3 is 2.21 bits per heavy atom. The van der Waals surface area contributed by atoms with Gasteiger partial charge in [0, 0.05) is 10.6 Å². The predicted octanol–water partition coefficient (Wildman–Crippen LogP) is 4.72. The van der Waals surface area contributed by atoms with Gasteiger partial charge in [0.05, 0.1) is 18.2 Å². The van der Waals surface area contributed by atoms with Crippen LogP contribution in [-0.4, -0.2) is 33.3 Å². The number of hydrogen-bond donors (Lipinski definition) is 1. The van der Waals surface area contributed by atoms with Crippen molar-refractivity contribution in [2.75, 3.05) is 17.1 Å². The number of nitrogens with one attached hydrogen (secondary N) is 1. The van der Waals surface area contributed by atoms with Crippen LogP contribution in [0, 0.1) is 17.8 Å². The van der Waals surface area contributed by atoms with Crippen molar-refractivity contribution >= 4 is 39.4 Å². The first-order chi connectivity index (χ1) is 16.2. The minimum atomic E-state index is -3.66. The Labute approximate surface area is 206 Å². The van der Waals surface area contributed by atoms with Crippen LogP contribution in [0.3, 0.4) is 0 Å². The maximum atomic E-state index is 12.5. The third kappa shape index (κ3) is 4.73. The lowest BCUT2D eigenvalue weighted by atomic mass is 9.48. The number of amides is 1. The van der Waals surface area contributed by atoms with E-state index in [1.807, 2.05) is 18.2 Å². The molecular weight excluding hydrogens is 470 g/mol. The van der Waals surface area contributed by atoms with E-state index < -0.39 is 15.9 Å². The molecule has 4 aliphatic carbocycles. The summed E-state index contributed by atoms with van der Waals surface area (Å²) < 4.78 is 26.1. The number of sulfonamides is 1. The van der Waals surface area contributed by atoms with E-state index in [1.165, 1.54) is 50.3 Å². The van der Waals surface area contributed by atoms with Crippen molar-refractivity contribution in [1.29, 1.82) is 0 Å². The third-order valence-electron chi connectivity index (χ3n) is 7.79. The van der Waals surface area contributed by atoms with Gasteiger partial charge in [0.25, 0.3) is 5.91 Å². The van der Waals surface area contributed by atoms with Crippen molar-refractivity contribution < 1.29 is 13.2 Å². The van der Waals surface area contributed by atoms with Gasteiger partial charge >= 0.3 is 0 Å². The molecular formula is C26H30ClN3O3S. The number of benzene rings is 2. The van der Waals surface area contributed by atoms with Crippen LogP contribution in [0.15, 0.2) is 53.6 Å². The molecule has 0 spiro atoms. The predicted molar refractivity (Wildman–Crippen MR) is 136 cm³/mol. The Morgan fingerprint density at radius 2 is 1.65 bits per heavy atom. The smallest absolute Gasteiger partial charge is 0.260 e. The Hall–Kier alpha value is -2.38. The summed E-state index contributed by atoms with van der Waals surface area (Å²) in [6.45, 7) is -0.352. The zero-order chi connectivity index (χ0) is 23.9. The molecule has 4 bridgehead atoms. The first kappa shape index (κ1) is 23.4. The molecule has 0 saturated heterocycles. The van der Waals surface area contributed by atoms with E-state index in [1.54, 1.807) is 18.2 Å². The average molecular weight is 500 g/mol. The molecule has 2 aromatic rings. The zero-order valence-corrected chi connectivity index (χ0v) is 20.9. The molecule has 6 nitrogen and oxygen atoms in total. The van der Waals surface area contributed by atoms with Crippen LogP contribution in [0.4, 0.5) is 5.69 Å². The number of rotatable bonds is 7. The Morgan fingerprint density at radius 1 is 1.06 bits per heavy atom. The largest absolute Gasteiger partial charge is 0.271 e. The molecule has 4 saturated carbocycles. The normalized spacial score (nSPS) is 27.8. The first-order valence-corrected chi connectivity index (χ1v) is 14.1. The van der Waals surface area contributed by atoms with E-state index in [4.69, 9.17) is 11.6 Å². The molecule has 34 heavy (non-hydrogen) atoms. The average Bonchev–Trinajstić information content (AvgIpc) is 2.77. The monoisotopic (exact) mass is 499 g/mol. The molecule has 4 aliphatic rings. The lowest BCUT2D eigenvalue weighted by Crippen LogP contribution is -2.48. The highest BCUT2D eigenvalue weighted by Crippen LogP contribution is 2.60. The molecule has 0 aliphatic heterocycles. The maximum absolute atomic E-state index is 12.5. The number of hydrazone groups is 1. The van der Waals surface area contributed by atoms with Crippen molar-refractivity contribution in [3.8, 4) is 0 Å². The van der Waals surface area contributed by atoms with Crippen LogP contribution in [0.5, 0.6) is 0 Å². The van der Waals surface area contributed by atoms with Gasteiger partial charge in [0.15, 0.2) is 0 Å². The molecule has 0 radical (unpaired) electrons. The summed E-state index contributed by atoms with van der Waals surface area (Å²) in [5, 5.41) is 4.43. The topological polar surface area (TPSA) is 78.8 Å². The summed E-state index contributed by atoms with van der Waals surface area (Å²) in [5.41, 5.74) is 5.10. The van der Waals surface area contributed by atoms with Crippen LogP contribution in [0.2, 0.25) is 5.02 Å². The highest BCUT2D eigenvalue weighted by molar-refractivity contribution is 7.92. The lowest BCUT2D eigenvalue weighted by molar-refractivity contribution is -0.119. The van der Waals surface area contributed by atoms with Gasteiger partial charge in [-0.25, -0.2) is 13.8 Å². The van der Waals surface area contributed by atoms with Gasteiger partial charge < -0.3 is 0 Å². The summed E-state index contributed by atoms with van der Waals surface area (Å²) in [6, 6.07) is 15.0. The number of halogens is 1. The minimum Gasteiger partial charge on any atom is -0.271 e. The van der Waals surface area contributed by atoms with Gasteiger partial charge in [-0.2, -0.15) is 5.10 Å². The van der Waals surface area contributed by atoms with E-state index in [0.29, 0.717) is 16.3 Å². The number of anilines is 1. The van der Waals surface area contributed by atoms with E-state index >= 15 is 0 Å². The molecule has 0 unspecified atom stereocenters. The van der Waals surface area contributed by atoms with Gasteiger partial charge in [0.2, 0.25) is 10.0 Å². The minimum absolute atomic E-state index is 0.244. The van der Waals surface area contributed by atoms with Crippen molar-refractivity contribution in [1.82, 2.24) is 5.43 Å². The number of nitrogens with zero attached hydrogens (tertiary/aromatic N) is 2. The fourth-order valence-electron chi connectivity index (χ4n) is 6.76. The van der Waals surface area contributed by atoms with E-state index in [0.717, 1.165) is 28.3 Å². The second-order valence-electron chi connectivity index (χ2n) is 10.3. The highest BCUT2D eigenvalue weighted by Gasteiger charge is 2.51. The molecule has 4 fully saturated rings. The highest BCUT2D eigenvalue weighted by atomic mass is 35.5. The van der Waals surface area contributed by atoms with Gasteiger partial charge in [-0.15, -0.1) is 0 Å². The second-order valence-corrected chi connectivity index (χ2v) is 12.6. The summed E-state index contributed by atoms with van der Waals surface area (Å²) in [5.74, 6) is 1.99. The molecule has 8 heteroatoms. The van der Waals surface area contributed by atoms with Crippen molar-refractivity contribution in [2.45, 2.75) is 43.9 Å². The van der Waals surface area contributed by atoms with Crippen LogP contribution in [-0.2, 0) is 20.2 Å². The molecule has 1 N–H and O–H groups in total. The quantitative estimate of drug-likeness (QED) is 0.442. The Bertz CT molecular complexity index is 1170. The molecule has 2 aromatic carbocycles. The van der Waals surface area contributed by atoms with Gasteiger partial charge in [0.1, 0.15) is 6.54 Å². The fraction of sp³-hybridized carbons (Fsp3) is 0.462. The molecule has 180 valence electrons. The first-order valence-electron chi connectivity index (χ1n) is 11.9. The van der Waals surface area contributed by atoms with E-state index in [2.05, 4.69) is 22.7 Å². The second kappa shape index (κ2) is 9.00. The van der Waals surface area contributed by atoms with Gasteiger partial charge in [-0.05, 0) is 85.5 Å². The van der Waals surface area contributed by atoms with Crippen LogP contribution >= 0.6 is 11.6 Å². The summed E-state index contributed by atoms with van der Waals surface area (Å²) in [6.07, 6.45) is 10.4. The number of carbonyl (C=O) groups excluding carboxylic acids is 1. The van der Waals surface area contributed by atoms with Crippen LogP contribution in [0.1, 0.15) is 49.7 Å². The summed E-state index contributed by atoms with van der Waals surface area (Å²) >= 11 is 6.08. The van der Waals surface area contributed by atoms with E-state index in [9.17, 15) is 13.2 Å². The van der Waals surface area contributed by atoms with Crippen molar-refractivity contribution in [3.05, 3.63) is 64.7 Å². The van der Waals surface area contributed by atoms with Gasteiger partial charge in [-0.3, -0.25) is 9.10 Å². The van der Waals surface area contributed by atoms with Crippen molar-refractivity contribution in [3.63, 3.8) is 0 Å². The molecule has 0 atom stereocenters. The Balaban J connectivity index is 1.29. The van der Waals surface area contributed by atoms with Crippen LogP contribution in [0.25, 0.3) is 0 Å². The fourth-order valence-corrected chi connectivity index (χ4v) is 7.81. The number of hydrogen-bond acceptors (Lipinski definition) is 4. The third-order valence-corrected chi connectivity index (χ3v) is 9.28.